The van der Waals surface area contributed by atoms with Crippen LogP contribution in [0.2, 0.25) is 5.02 Å². The standard InChI is InChI=1S/C13H12ClN/c1-9-6-11(8-13(15)7-9)10-2-4-12(14)5-3-10/h2-8H,15H2,1H3. The van der Waals surface area contributed by atoms with E-state index in [-0.39, 0.29) is 0 Å². The highest BCUT2D eigenvalue weighted by atomic mass is 35.5. The average Bonchev–Trinajstić information content (AvgIpc) is 2.17. The highest BCUT2D eigenvalue weighted by Crippen LogP contribution is 2.24. The van der Waals surface area contributed by atoms with Gasteiger partial charge in [0.15, 0.2) is 0 Å². The van der Waals surface area contributed by atoms with Crippen LogP contribution in [0.3, 0.4) is 0 Å². The molecular weight excluding hydrogens is 206 g/mol. The first kappa shape index (κ1) is 10.1. The lowest BCUT2D eigenvalue weighted by Crippen LogP contribution is -1.87. The van der Waals surface area contributed by atoms with E-state index in [2.05, 4.69) is 6.07 Å². The predicted molar refractivity (Wildman–Crippen MR) is 66.0 cm³/mol. The second-order valence-corrected chi connectivity index (χ2v) is 4.08. The summed E-state index contributed by atoms with van der Waals surface area (Å²) in [5, 5.41) is 0.749. The molecule has 0 heterocycles. The molecule has 0 saturated carbocycles. The van der Waals surface area contributed by atoms with Gasteiger partial charge in [-0.05, 0) is 47.9 Å². The minimum absolute atomic E-state index is 0.749. The third-order valence-electron chi connectivity index (χ3n) is 2.28. The van der Waals surface area contributed by atoms with E-state index >= 15 is 0 Å². The molecule has 0 bridgehead atoms. The van der Waals surface area contributed by atoms with Gasteiger partial charge in [-0.1, -0.05) is 29.8 Å². The molecule has 0 spiro atoms. The van der Waals surface area contributed by atoms with E-state index in [0.717, 1.165) is 21.8 Å². The maximum Gasteiger partial charge on any atom is 0.0406 e. The van der Waals surface area contributed by atoms with Crippen LogP contribution >= 0.6 is 11.6 Å². The monoisotopic (exact) mass is 217 g/mol. The summed E-state index contributed by atoms with van der Waals surface area (Å²) in [5.74, 6) is 0. The van der Waals surface area contributed by atoms with Crippen molar-refractivity contribution in [3.63, 3.8) is 0 Å². The lowest BCUT2D eigenvalue weighted by molar-refractivity contribution is 1.47. The molecule has 2 aromatic rings. The molecule has 2 N–H and O–H groups in total. The number of benzene rings is 2. The smallest absolute Gasteiger partial charge is 0.0406 e. The fourth-order valence-corrected chi connectivity index (χ4v) is 1.75. The zero-order valence-corrected chi connectivity index (χ0v) is 9.25. The van der Waals surface area contributed by atoms with E-state index in [1.165, 1.54) is 5.56 Å². The van der Waals surface area contributed by atoms with Crippen molar-refractivity contribution < 1.29 is 0 Å². The molecule has 0 saturated heterocycles. The highest BCUT2D eigenvalue weighted by Gasteiger charge is 1.99. The molecule has 2 aromatic carbocycles. The Morgan fingerprint density at radius 3 is 2.20 bits per heavy atom. The molecule has 0 aliphatic heterocycles. The molecule has 0 atom stereocenters. The zero-order chi connectivity index (χ0) is 10.8. The number of halogens is 1. The fourth-order valence-electron chi connectivity index (χ4n) is 1.62. The van der Waals surface area contributed by atoms with Gasteiger partial charge in [0, 0.05) is 10.7 Å². The molecule has 0 unspecified atom stereocenters. The van der Waals surface area contributed by atoms with Crippen LogP contribution in [0, 0.1) is 6.92 Å². The van der Waals surface area contributed by atoms with Gasteiger partial charge in [0.05, 0.1) is 0 Å². The van der Waals surface area contributed by atoms with E-state index in [9.17, 15) is 0 Å². The number of aryl methyl sites for hydroxylation is 1. The van der Waals surface area contributed by atoms with E-state index in [1.54, 1.807) is 0 Å². The Labute approximate surface area is 94.5 Å². The molecule has 76 valence electrons. The number of anilines is 1. The molecule has 0 radical (unpaired) electrons. The van der Waals surface area contributed by atoms with Gasteiger partial charge >= 0.3 is 0 Å². The van der Waals surface area contributed by atoms with Gasteiger partial charge in [0.2, 0.25) is 0 Å². The fraction of sp³-hybridized carbons (Fsp3) is 0.0769. The van der Waals surface area contributed by atoms with E-state index in [0.29, 0.717) is 0 Å². The van der Waals surface area contributed by atoms with Gasteiger partial charge in [-0.25, -0.2) is 0 Å². The number of nitrogens with two attached hydrogens (primary N) is 1. The lowest BCUT2D eigenvalue weighted by Gasteiger charge is -2.05. The summed E-state index contributed by atoms with van der Waals surface area (Å²) in [6.07, 6.45) is 0. The van der Waals surface area contributed by atoms with Crippen LogP contribution < -0.4 is 5.73 Å². The van der Waals surface area contributed by atoms with Crippen LogP contribution in [0.4, 0.5) is 5.69 Å². The van der Waals surface area contributed by atoms with Crippen molar-refractivity contribution in [2.24, 2.45) is 0 Å². The third-order valence-corrected chi connectivity index (χ3v) is 2.53. The number of nitrogen functional groups attached to an aromatic ring is 1. The first-order chi connectivity index (χ1) is 7.15. The lowest BCUT2D eigenvalue weighted by atomic mass is 10.0. The molecule has 2 heteroatoms. The normalized spacial score (nSPS) is 10.3. The van der Waals surface area contributed by atoms with Crippen LogP contribution in [0.1, 0.15) is 5.56 Å². The molecule has 2 rings (SSSR count). The largest absolute Gasteiger partial charge is 0.399 e. The predicted octanol–water partition coefficient (Wildman–Crippen LogP) is 3.90. The quantitative estimate of drug-likeness (QED) is 0.721. The van der Waals surface area contributed by atoms with Gasteiger partial charge in [-0.15, -0.1) is 0 Å². The number of hydrogen-bond acceptors (Lipinski definition) is 1. The SMILES string of the molecule is Cc1cc(N)cc(-c2ccc(Cl)cc2)c1. The first-order valence-electron chi connectivity index (χ1n) is 4.78. The van der Waals surface area contributed by atoms with E-state index < -0.39 is 0 Å². The van der Waals surface area contributed by atoms with Crippen molar-refractivity contribution >= 4 is 17.3 Å². The summed E-state index contributed by atoms with van der Waals surface area (Å²) in [6.45, 7) is 2.04. The van der Waals surface area contributed by atoms with E-state index in [4.69, 9.17) is 17.3 Å². The molecular formula is C13H12ClN. The summed E-state index contributed by atoms with van der Waals surface area (Å²) >= 11 is 5.84. The van der Waals surface area contributed by atoms with Crippen LogP contribution in [-0.4, -0.2) is 0 Å². The molecule has 15 heavy (non-hydrogen) atoms. The Balaban J connectivity index is 2.49. The molecule has 0 fully saturated rings. The maximum absolute atomic E-state index is 5.84. The Morgan fingerprint density at radius 2 is 1.60 bits per heavy atom. The van der Waals surface area contributed by atoms with E-state index in [1.807, 2.05) is 43.3 Å². The highest BCUT2D eigenvalue weighted by molar-refractivity contribution is 6.30. The second-order valence-electron chi connectivity index (χ2n) is 3.64. The summed E-state index contributed by atoms with van der Waals surface area (Å²) in [4.78, 5) is 0. The average molecular weight is 218 g/mol. The van der Waals surface area contributed by atoms with Crippen LogP contribution in [0.25, 0.3) is 11.1 Å². The molecule has 1 nitrogen and oxygen atoms in total. The van der Waals surface area contributed by atoms with Crippen molar-refractivity contribution in [3.05, 3.63) is 53.1 Å². The molecule has 0 aliphatic rings. The summed E-state index contributed by atoms with van der Waals surface area (Å²) in [6, 6.07) is 13.8. The van der Waals surface area contributed by atoms with Gasteiger partial charge in [-0.2, -0.15) is 0 Å². The van der Waals surface area contributed by atoms with Gasteiger partial charge in [0.1, 0.15) is 0 Å². The minimum Gasteiger partial charge on any atom is -0.399 e. The Morgan fingerprint density at radius 1 is 0.933 bits per heavy atom. The zero-order valence-electron chi connectivity index (χ0n) is 8.50. The van der Waals surface area contributed by atoms with Crippen molar-refractivity contribution in [1.29, 1.82) is 0 Å². The van der Waals surface area contributed by atoms with Gasteiger partial charge in [0.25, 0.3) is 0 Å². The molecule has 0 aromatic heterocycles. The summed E-state index contributed by atoms with van der Waals surface area (Å²) < 4.78 is 0. The van der Waals surface area contributed by atoms with Gasteiger partial charge in [-0.3, -0.25) is 0 Å². The maximum atomic E-state index is 5.84. The second kappa shape index (κ2) is 3.95. The van der Waals surface area contributed by atoms with Crippen LogP contribution in [-0.2, 0) is 0 Å². The van der Waals surface area contributed by atoms with Crippen molar-refractivity contribution in [1.82, 2.24) is 0 Å². The van der Waals surface area contributed by atoms with Crippen LogP contribution in [0.15, 0.2) is 42.5 Å². The van der Waals surface area contributed by atoms with Gasteiger partial charge < -0.3 is 5.73 Å². The van der Waals surface area contributed by atoms with Crippen molar-refractivity contribution in [2.75, 3.05) is 5.73 Å². The third kappa shape index (κ3) is 2.31. The van der Waals surface area contributed by atoms with Crippen molar-refractivity contribution in [2.45, 2.75) is 6.92 Å². The molecule has 0 amide bonds. The first-order valence-corrected chi connectivity index (χ1v) is 5.16. The van der Waals surface area contributed by atoms with Crippen molar-refractivity contribution in [3.8, 4) is 11.1 Å². The Bertz CT molecular complexity index is 454. The minimum atomic E-state index is 0.749. The summed E-state index contributed by atoms with van der Waals surface area (Å²) in [7, 11) is 0. The number of rotatable bonds is 1. The topological polar surface area (TPSA) is 26.0 Å². The Kier molecular flexibility index (Phi) is 2.65. The number of hydrogen-bond donors (Lipinski definition) is 1. The summed E-state index contributed by atoms with van der Waals surface area (Å²) in [5.41, 5.74) is 10.0. The Hall–Kier alpha value is -1.47. The van der Waals surface area contributed by atoms with Crippen LogP contribution in [0.5, 0.6) is 0 Å². The molecule has 0 aliphatic carbocycles.